The van der Waals surface area contributed by atoms with E-state index in [1.807, 2.05) is 0 Å². The number of carbonyl (C=O) groups excluding carboxylic acids is 1. The molecule has 0 unspecified atom stereocenters. The molecule has 1 aromatic rings. The van der Waals surface area contributed by atoms with E-state index in [9.17, 15) is 13.2 Å². The van der Waals surface area contributed by atoms with Crippen LogP contribution in [0.5, 0.6) is 11.5 Å². The second-order valence-corrected chi connectivity index (χ2v) is 7.76. The van der Waals surface area contributed by atoms with Crippen LogP contribution in [0.1, 0.15) is 10.4 Å². The largest absolute Gasteiger partial charge is 0.454 e. The minimum Gasteiger partial charge on any atom is -0.454 e. The number of benzene rings is 1. The van der Waals surface area contributed by atoms with E-state index in [4.69, 9.17) is 32.7 Å². The van der Waals surface area contributed by atoms with Crippen molar-refractivity contribution in [2.75, 3.05) is 43.9 Å². The van der Waals surface area contributed by atoms with Crippen molar-refractivity contribution in [2.24, 2.45) is 0 Å². The molecule has 24 heavy (non-hydrogen) atoms. The van der Waals surface area contributed by atoms with E-state index < -0.39 is 10.0 Å². The molecule has 0 spiro atoms. The number of alkyl halides is 2. The molecular formula is C14H18Cl2N2O5S. The summed E-state index contributed by atoms with van der Waals surface area (Å²) >= 11 is 11.2. The molecule has 1 heterocycles. The van der Waals surface area contributed by atoms with Gasteiger partial charge in [-0.25, -0.2) is 8.42 Å². The summed E-state index contributed by atoms with van der Waals surface area (Å²) in [5, 5.41) is 2.58. The van der Waals surface area contributed by atoms with Gasteiger partial charge in [0.25, 0.3) is 5.91 Å². The summed E-state index contributed by atoms with van der Waals surface area (Å²) in [6.45, 7) is 0.478. The van der Waals surface area contributed by atoms with E-state index in [1.165, 1.54) is 4.31 Å². The van der Waals surface area contributed by atoms with Gasteiger partial charge >= 0.3 is 0 Å². The van der Waals surface area contributed by atoms with Gasteiger partial charge in [0.2, 0.25) is 16.8 Å². The van der Waals surface area contributed by atoms with Crippen LogP contribution in [0.3, 0.4) is 0 Å². The van der Waals surface area contributed by atoms with E-state index in [1.54, 1.807) is 18.2 Å². The molecule has 1 amide bonds. The topological polar surface area (TPSA) is 84.9 Å². The summed E-state index contributed by atoms with van der Waals surface area (Å²) in [4.78, 5) is 12.1. The van der Waals surface area contributed by atoms with Crippen LogP contribution in [0.2, 0.25) is 0 Å². The molecule has 1 N–H and O–H groups in total. The Hall–Kier alpha value is -1.22. The smallest absolute Gasteiger partial charge is 0.251 e. The third kappa shape index (κ3) is 4.89. The molecule has 0 fully saturated rings. The van der Waals surface area contributed by atoms with Crippen molar-refractivity contribution in [1.82, 2.24) is 9.62 Å². The zero-order valence-electron chi connectivity index (χ0n) is 12.8. The Bertz CT molecular complexity index is 678. The highest BCUT2D eigenvalue weighted by molar-refractivity contribution is 7.89. The first-order valence-corrected chi connectivity index (χ1v) is 9.93. The zero-order chi connectivity index (χ0) is 17.6. The Kier molecular flexibility index (Phi) is 6.97. The Morgan fingerprint density at radius 2 is 1.83 bits per heavy atom. The average Bonchev–Trinajstić information content (AvgIpc) is 3.02. The Morgan fingerprint density at radius 3 is 2.50 bits per heavy atom. The maximum absolute atomic E-state index is 12.2. The maximum atomic E-state index is 12.2. The molecule has 1 aliphatic heterocycles. The molecule has 2 rings (SSSR count). The van der Waals surface area contributed by atoms with Gasteiger partial charge in [0, 0.05) is 37.0 Å². The van der Waals surface area contributed by atoms with Gasteiger partial charge in [-0.05, 0) is 18.2 Å². The molecule has 10 heteroatoms. The lowest BCUT2D eigenvalue weighted by Gasteiger charge is -2.20. The summed E-state index contributed by atoms with van der Waals surface area (Å²) in [5.41, 5.74) is 0.370. The number of ether oxygens (including phenoxy) is 2. The lowest BCUT2D eigenvalue weighted by atomic mass is 10.2. The van der Waals surface area contributed by atoms with Gasteiger partial charge in [-0.3, -0.25) is 4.79 Å². The van der Waals surface area contributed by atoms with Crippen LogP contribution < -0.4 is 14.8 Å². The third-order valence-electron chi connectivity index (χ3n) is 3.34. The van der Waals surface area contributed by atoms with Gasteiger partial charge in [0.15, 0.2) is 11.5 Å². The maximum Gasteiger partial charge on any atom is 0.251 e. The van der Waals surface area contributed by atoms with E-state index in [0.717, 1.165) is 0 Å². The third-order valence-corrected chi connectivity index (χ3v) is 5.55. The molecule has 1 aromatic carbocycles. The Morgan fingerprint density at radius 1 is 1.17 bits per heavy atom. The highest BCUT2D eigenvalue weighted by Gasteiger charge is 2.21. The summed E-state index contributed by atoms with van der Waals surface area (Å²) in [7, 11) is -3.53. The predicted octanol–water partition coefficient (Wildman–Crippen LogP) is 1.25. The summed E-state index contributed by atoms with van der Waals surface area (Å²) in [6.07, 6.45) is 0. The van der Waals surface area contributed by atoms with E-state index in [-0.39, 0.29) is 49.8 Å². The van der Waals surface area contributed by atoms with E-state index in [0.29, 0.717) is 17.1 Å². The van der Waals surface area contributed by atoms with Crippen LogP contribution in [0.4, 0.5) is 0 Å². The molecule has 0 saturated carbocycles. The van der Waals surface area contributed by atoms with Crippen molar-refractivity contribution in [1.29, 1.82) is 0 Å². The van der Waals surface area contributed by atoms with Gasteiger partial charge < -0.3 is 14.8 Å². The summed E-state index contributed by atoms with van der Waals surface area (Å²) in [6, 6.07) is 4.78. The summed E-state index contributed by atoms with van der Waals surface area (Å²) in [5.74, 6) is 0.818. The number of fused-ring (bicyclic) bond motifs is 1. The lowest BCUT2D eigenvalue weighted by Crippen LogP contribution is -2.39. The van der Waals surface area contributed by atoms with Crippen LogP contribution in [0, 0.1) is 0 Å². The molecule has 0 aromatic heterocycles. The molecule has 0 atom stereocenters. The number of amides is 1. The normalized spacial score (nSPS) is 13.3. The second-order valence-electron chi connectivity index (χ2n) is 4.92. The number of rotatable bonds is 9. The molecule has 0 saturated heterocycles. The fourth-order valence-corrected chi connectivity index (χ4v) is 4.11. The molecule has 1 aliphatic rings. The van der Waals surface area contributed by atoms with Crippen LogP contribution in [0.15, 0.2) is 18.2 Å². The van der Waals surface area contributed by atoms with Crippen molar-refractivity contribution < 1.29 is 22.7 Å². The molecule has 0 aliphatic carbocycles. The molecular weight excluding hydrogens is 379 g/mol. The molecule has 134 valence electrons. The first kappa shape index (κ1) is 19.1. The number of nitrogens with one attached hydrogen (secondary N) is 1. The van der Waals surface area contributed by atoms with Crippen molar-refractivity contribution in [3.63, 3.8) is 0 Å². The lowest BCUT2D eigenvalue weighted by molar-refractivity contribution is 0.0955. The van der Waals surface area contributed by atoms with Gasteiger partial charge in [-0.2, -0.15) is 4.31 Å². The molecule has 0 radical (unpaired) electrons. The van der Waals surface area contributed by atoms with Gasteiger partial charge in [0.1, 0.15) is 0 Å². The fourth-order valence-electron chi connectivity index (χ4n) is 2.14. The first-order valence-electron chi connectivity index (χ1n) is 7.25. The number of halogens is 2. The van der Waals surface area contributed by atoms with Crippen LogP contribution in [-0.4, -0.2) is 62.6 Å². The predicted molar refractivity (Wildman–Crippen MR) is 91.7 cm³/mol. The Balaban J connectivity index is 1.89. The number of carbonyl (C=O) groups is 1. The highest BCUT2D eigenvalue weighted by atomic mass is 35.5. The Labute approximate surface area is 150 Å². The van der Waals surface area contributed by atoms with Crippen LogP contribution in [0.25, 0.3) is 0 Å². The number of hydrogen-bond donors (Lipinski definition) is 1. The van der Waals surface area contributed by atoms with Crippen LogP contribution in [-0.2, 0) is 10.0 Å². The van der Waals surface area contributed by atoms with E-state index in [2.05, 4.69) is 5.32 Å². The summed E-state index contributed by atoms with van der Waals surface area (Å²) < 4.78 is 36.0. The minimum atomic E-state index is -3.53. The monoisotopic (exact) mass is 396 g/mol. The quantitative estimate of drug-likeness (QED) is 0.635. The van der Waals surface area contributed by atoms with Crippen LogP contribution >= 0.6 is 23.2 Å². The van der Waals surface area contributed by atoms with Crippen molar-refractivity contribution >= 4 is 39.1 Å². The average molecular weight is 397 g/mol. The van der Waals surface area contributed by atoms with E-state index >= 15 is 0 Å². The SMILES string of the molecule is O=C(NCCS(=O)(=O)N(CCCl)CCCl)c1ccc2c(c1)OCO2. The first-order chi connectivity index (χ1) is 11.5. The fraction of sp³-hybridized carbons (Fsp3) is 0.500. The van der Waals surface area contributed by atoms with Crippen molar-refractivity contribution in [2.45, 2.75) is 0 Å². The standard InChI is InChI=1S/C14H18Cl2N2O5S/c15-3-6-18(7-4-16)24(20,21)8-5-17-14(19)11-1-2-12-13(9-11)23-10-22-12/h1-2,9H,3-8,10H2,(H,17,19). The zero-order valence-corrected chi connectivity index (χ0v) is 15.2. The van der Waals surface area contributed by atoms with Crippen molar-refractivity contribution in [3.8, 4) is 11.5 Å². The highest BCUT2D eigenvalue weighted by Crippen LogP contribution is 2.32. The number of sulfonamides is 1. The minimum absolute atomic E-state index is 0.0172. The van der Waals surface area contributed by atoms with Gasteiger partial charge in [0.05, 0.1) is 5.75 Å². The van der Waals surface area contributed by atoms with Gasteiger partial charge in [-0.1, -0.05) is 0 Å². The molecule has 0 bridgehead atoms. The second kappa shape index (κ2) is 8.75. The number of nitrogens with zero attached hydrogens (tertiary/aromatic N) is 1. The molecule has 7 nitrogen and oxygen atoms in total. The van der Waals surface area contributed by atoms with Gasteiger partial charge in [-0.15, -0.1) is 23.2 Å². The number of hydrogen-bond acceptors (Lipinski definition) is 5. The van der Waals surface area contributed by atoms with Crippen molar-refractivity contribution in [3.05, 3.63) is 23.8 Å².